The lowest BCUT2D eigenvalue weighted by atomic mass is 9.83. The first-order chi connectivity index (χ1) is 21.4. The Kier molecular flexibility index (Phi) is 7.50. The van der Waals surface area contributed by atoms with Crippen LogP contribution in [0.1, 0.15) is 61.3 Å². The Morgan fingerprint density at radius 2 is 1.73 bits per heavy atom. The molecule has 8 nitrogen and oxygen atoms in total. The van der Waals surface area contributed by atoms with Gasteiger partial charge in [0.05, 0.1) is 37.4 Å². The Morgan fingerprint density at radius 3 is 2.50 bits per heavy atom. The molecule has 8 heteroatoms. The minimum Gasteiger partial charge on any atom is -0.394 e. The summed E-state index contributed by atoms with van der Waals surface area (Å²) in [5.41, 5.74) is 4.67. The van der Waals surface area contributed by atoms with Crippen LogP contribution in [0.2, 0.25) is 0 Å². The Morgan fingerprint density at radius 1 is 0.977 bits per heavy atom. The number of nitrogens with zero attached hydrogens (tertiary/aromatic N) is 3. The minimum atomic E-state index is -1.15. The topological polar surface area (TPSA) is 90.4 Å². The minimum absolute atomic E-state index is 0.0596. The van der Waals surface area contributed by atoms with E-state index < -0.39 is 11.7 Å². The summed E-state index contributed by atoms with van der Waals surface area (Å²) < 4.78 is 6.69. The molecule has 3 amide bonds. The number of carbonyl (C=O) groups is 3. The first-order valence-corrected chi connectivity index (χ1v) is 15.8. The Balaban J connectivity index is 1.09. The first-order valence-electron chi connectivity index (χ1n) is 15.8. The van der Waals surface area contributed by atoms with Gasteiger partial charge >= 0.3 is 0 Å². The molecular weight excluding hydrogens is 554 g/mol. The normalized spacial score (nSPS) is 26.3. The molecule has 0 aromatic heterocycles. The van der Waals surface area contributed by atoms with Crippen molar-refractivity contribution in [2.24, 2.45) is 5.92 Å². The van der Waals surface area contributed by atoms with E-state index >= 15 is 0 Å². The Labute approximate surface area is 258 Å². The summed E-state index contributed by atoms with van der Waals surface area (Å²) in [6, 6.07) is 23.5. The fourth-order valence-corrected chi connectivity index (χ4v) is 7.70. The van der Waals surface area contributed by atoms with Gasteiger partial charge in [-0.05, 0) is 60.6 Å². The lowest BCUT2D eigenvalue weighted by Crippen LogP contribution is -2.47. The first kappa shape index (κ1) is 28.7. The van der Waals surface area contributed by atoms with E-state index in [2.05, 4.69) is 6.07 Å². The number of aliphatic hydroxyl groups is 1. The number of hydrogen-bond donors (Lipinski definition) is 1. The van der Waals surface area contributed by atoms with Gasteiger partial charge in [-0.1, -0.05) is 61.5 Å². The Bertz CT molecular complexity index is 1590. The fraction of sp³-hybridized carbons (Fsp3) is 0.417. The number of amides is 3. The average Bonchev–Trinajstić information content (AvgIpc) is 3.50. The van der Waals surface area contributed by atoms with Crippen molar-refractivity contribution in [3.05, 3.63) is 95.1 Å². The van der Waals surface area contributed by atoms with E-state index in [9.17, 15) is 19.5 Å². The van der Waals surface area contributed by atoms with Crippen LogP contribution in [0.25, 0.3) is 0 Å². The highest BCUT2D eigenvalue weighted by atomic mass is 16.5. The molecule has 0 saturated carbocycles. The smallest absolute Gasteiger partial charge is 0.264 e. The van der Waals surface area contributed by atoms with Gasteiger partial charge in [-0.25, -0.2) is 0 Å². The van der Waals surface area contributed by atoms with E-state index in [4.69, 9.17) is 4.74 Å². The van der Waals surface area contributed by atoms with Crippen LogP contribution in [0.5, 0.6) is 0 Å². The van der Waals surface area contributed by atoms with E-state index in [1.807, 2.05) is 78.6 Å². The molecule has 1 spiro atoms. The van der Waals surface area contributed by atoms with E-state index in [-0.39, 0.29) is 42.7 Å². The average molecular weight is 594 g/mol. The molecule has 4 aliphatic rings. The van der Waals surface area contributed by atoms with E-state index in [1.165, 1.54) is 5.56 Å². The predicted molar refractivity (Wildman–Crippen MR) is 167 cm³/mol. The number of hydrogen-bond acceptors (Lipinski definition) is 5. The third-order valence-corrected chi connectivity index (χ3v) is 10.0. The SMILES string of the molecule is C[C@H]1C[C@@H](CC(=O)N2Cc3ccccc3C[C@H]2CO)O[C@]12C(=O)N(Cc1ccc(N3CCCCC3=O)cc1)c1ccccc12. The van der Waals surface area contributed by atoms with Crippen molar-refractivity contribution < 1.29 is 24.2 Å². The third-order valence-electron chi connectivity index (χ3n) is 10.0. The number of fused-ring (bicyclic) bond motifs is 3. The lowest BCUT2D eigenvalue weighted by molar-refractivity contribution is -0.151. The summed E-state index contributed by atoms with van der Waals surface area (Å²) in [6.45, 7) is 3.54. The lowest BCUT2D eigenvalue weighted by Gasteiger charge is -2.36. The summed E-state index contributed by atoms with van der Waals surface area (Å²) >= 11 is 0. The number of benzene rings is 3. The number of carbonyl (C=O) groups excluding carboxylic acids is 3. The zero-order chi connectivity index (χ0) is 30.4. The molecule has 7 rings (SSSR count). The number of rotatable bonds is 6. The molecule has 0 bridgehead atoms. The number of piperidine rings is 1. The van der Waals surface area contributed by atoms with E-state index in [0.717, 1.165) is 47.5 Å². The molecule has 4 aliphatic heterocycles. The zero-order valence-corrected chi connectivity index (χ0v) is 25.2. The quantitative estimate of drug-likeness (QED) is 0.447. The molecule has 3 aromatic carbocycles. The molecule has 228 valence electrons. The van der Waals surface area contributed by atoms with E-state index in [0.29, 0.717) is 32.4 Å². The summed E-state index contributed by atoms with van der Waals surface area (Å²) in [5, 5.41) is 10.1. The van der Waals surface area contributed by atoms with Crippen LogP contribution in [-0.2, 0) is 44.2 Å². The summed E-state index contributed by atoms with van der Waals surface area (Å²) in [4.78, 5) is 45.8. The van der Waals surface area contributed by atoms with Crippen LogP contribution in [-0.4, -0.2) is 53.0 Å². The van der Waals surface area contributed by atoms with Crippen LogP contribution >= 0.6 is 0 Å². The monoisotopic (exact) mass is 593 g/mol. The van der Waals surface area contributed by atoms with Gasteiger partial charge in [0.1, 0.15) is 0 Å². The summed E-state index contributed by atoms with van der Waals surface area (Å²) in [5.74, 6) is -0.124. The highest BCUT2D eigenvalue weighted by Gasteiger charge is 2.60. The fourth-order valence-electron chi connectivity index (χ4n) is 7.70. The Hall–Kier alpha value is -4.01. The van der Waals surface area contributed by atoms with Crippen LogP contribution < -0.4 is 9.80 Å². The summed E-state index contributed by atoms with van der Waals surface area (Å²) in [6.07, 6.45) is 3.50. The molecule has 3 aromatic rings. The highest BCUT2D eigenvalue weighted by molar-refractivity contribution is 6.07. The largest absolute Gasteiger partial charge is 0.394 e. The molecule has 1 N–H and O–H groups in total. The predicted octanol–water partition coefficient (Wildman–Crippen LogP) is 4.71. The van der Waals surface area contributed by atoms with Crippen molar-refractivity contribution in [3.8, 4) is 0 Å². The van der Waals surface area contributed by atoms with Gasteiger partial charge in [-0.3, -0.25) is 14.4 Å². The van der Waals surface area contributed by atoms with Crippen molar-refractivity contribution in [3.63, 3.8) is 0 Å². The van der Waals surface area contributed by atoms with Gasteiger partial charge in [0.25, 0.3) is 5.91 Å². The molecule has 4 atom stereocenters. The zero-order valence-electron chi connectivity index (χ0n) is 25.2. The summed E-state index contributed by atoms with van der Waals surface area (Å²) in [7, 11) is 0. The number of para-hydroxylation sites is 1. The van der Waals surface area contributed by atoms with Gasteiger partial charge < -0.3 is 24.5 Å². The number of aliphatic hydroxyl groups excluding tert-OH is 1. The molecule has 0 unspecified atom stereocenters. The molecule has 4 heterocycles. The van der Waals surface area contributed by atoms with Crippen molar-refractivity contribution in [1.29, 1.82) is 0 Å². The van der Waals surface area contributed by atoms with Gasteiger partial charge in [0.2, 0.25) is 11.8 Å². The van der Waals surface area contributed by atoms with Gasteiger partial charge in [-0.15, -0.1) is 0 Å². The van der Waals surface area contributed by atoms with Crippen LogP contribution in [0.3, 0.4) is 0 Å². The maximum absolute atomic E-state index is 14.3. The highest BCUT2D eigenvalue weighted by Crippen LogP contribution is 2.53. The van der Waals surface area contributed by atoms with Gasteiger partial charge in [0, 0.05) is 36.7 Å². The van der Waals surface area contributed by atoms with Crippen LogP contribution in [0.15, 0.2) is 72.8 Å². The van der Waals surface area contributed by atoms with Crippen LogP contribution in [0.4, 0.5) is 11.4 Å². The second kappa shape index (κ2) is 11.5. The van der Waals surface area contributed by atoms with Crippen molar-refractivity contribution in [2.75, 3.05) is 23.0 Å². The number of anilines is 2. The molecule has 0 aliphatic carbocycles. The third kappa shape index (κ3) is 4.81. The van der Waals surface area contributed by atoms with Crippen molar-refractivity contribution in [2.45, 2.75) is 76.3 Å². The van der Waals surface area contributed by atoms with Gasteiger partial charge in [0.15, 0.2) is 5.60 Å². The maximum Gasteiger partial charge on any atom is 0.264 e. The van der Waals surface area contributed by atoms with Crippen molar-refractivity contribution >= 4 is 29.1 Å². The molecular formula is C36H39N3O5. The maximum atomic E-state index is 14.3. The molecule has 44 heavy (non-hydrogen) atoms. The van der Waals surface area contributed by atoms with E-state index in [1.54, 1.807) is 9.80 Å². The standard InChI is InChI=1S/C36H39N3O5/c1-24-18-30(20-34(42)38-22-27-9-3-2-8-26(27)19-29(38)23-40)44-36(24)31-10-4-5-11-32(31)39(35(36)43)21-25-13-15-28(16-14-25)37-17-7-6-12-33(37)41/h2-5,8-11,13-16,24,29-30,40H,6-7,12,17-23H2,1H3/t24-,29-,30-,36+/m0/s1. The second-order valence-corrected chi connectivity index (χ2v) is 12.7. The molecule has 2 fully saturated rings. The van der Waals surface area contributed by atoms with Crippen molar-refractivity contribution in [1.82, 2.24) is 4.90 Å². The second-order valence-electron chi connectivity index (χ2n) is 12.7. The molecule has 2 saturated heterocycles. The number of ether oxygens (including phenoxy) is 1. The van der Waals surface area contributed by atoms with Crippen LogP contribution in [0, 0.1) is 5.92 Å². The van der Waals surface area contributed by atoms with Gasteiger partial charge in [-0.2, -0.15) is 0 Å². The molecule has 0 radical (unpaired) electrons.